The van der Waals surface area contributed by atoms with Crippen molar-refractivity contribution < 1.29 is 24.4 Å². The number of hydrogen-bond donors (Lipinski definition) is 2. The molecule has 0 bridgehead atoms. The van der Waals surface area contributed by atoms with Crippen molar-refractivity contribution in [1.82, 2.24) is 0 Å². The van der Waals surface area contributed by atoms with Crippen molar-refractivity contribution in [3.63, 3.8) is 0 Å². The van der Waals surface area contributed by atoms with Crippen LogP contribution in [0, 0.1) is 0 Å². The van der Waals surface area contributed by atoms with E-state index in [0.717, 1.165) is 38.5 Å². The van der Waals surface area contributed by atoms with Gasteiger partial charge in [-0.05, 0) is 19.3 Å². The Morgan fingerprint density at radius 1 is 0.281 bits per heavy atom. The summed E-state index contributed by atoms with van der Waals surface area (Å²) < 4.78 is 18.1. The highest BCUT2D eigenvalue weighted by Gasteiger charge is 2.13. The highest BCUT2D eigenvalue weighted by Crippen LogP contribution is 2.17. The van der Waals surface area contributed by atoms with Gasteiger partial charge in [-0.2, -0.15) is 0 Å². The lowest BCUT2D eigenvalue weighted by molar-refractivity contribution is -0.0647. The zero-order valence-electron chi connectivity index (χ0n) is 39.4. The average molecular weight is 811 g/mol. The van der Waals surface area contributed by atoms with Crippen LogP contribution in [-0.4, -0.2) is 61.6 Å². The van der Waals surface area contributed by atoms with E-state index in [9.17, 15) is 10.2 Å². The van der Waals surface area contributed by atoms with Gasteiger partial charge < -0.3 is 24.4 Å². The molecule has 0 saturated heterocycles. The van der Waals surface area contributed by atoms with Gasteiger partial charge in [0.2, 0.25) is 0 Å². The number of unbranched alkanes of at least 4 members (excludes halogenated alkanes) is 35. The fourth-order valence-electron chi connectivity index (χ4n) is 8.19. The van der Waals surface area contributed by atoms with Crippen molar-refractivity contribution in [2.45, 2.75) is 302 Å². The van der Waals surface area contributed by atoms with Crippen LogP contribution < -0.4 is 0 Å². The minimum atomic E-state index is -0.387. The van der Waals surface area contributed by atoms with Gasteiger partial charge in [-0.15, -0.1) is 0 Å². The summed E-state index contributed by atoms with van der Waals surface area (Å²) in [4.78, 5) is 0. The summed E-state index contributed by atoms with van der Waals surface area (Å²) in [5, 5.41) is 21.1. The highest BCUT2D eigenvalue weighted by atomic mass is 16.6. The molecular weight excluding hydrogens is 705 g/mol. The van der Waals surface area contributed by atoms with Crippen molar-refractivity contribution in [2.24, 2.45) is 0 Å². The second kappa shape index (κ2) is 50.2. The first-order valence-electron chi connectivity index (χ1n) is 26.3. The van der Waals surface area contributed by atoms with Crippen LogP contribution in [0.1, 0.15) is 284 Å². The fraction of sp³-hybridized carbons (Fsp3) is 1.00. The molecule has 0 radical (unpaired) electrons. The van der Waals surface area contributed by atoms with Gasteiger partial charge in [0.1, 0.15) is 0 Å². The molecule has 3 unspecified atom stereocenters. The third-order valence-electron chi connectivity index (χ3n) is 12.2. The topological polar surface area (TPSA) is 68.2 Å². The van der Waals surface area contributed by atoms with E-state index in [1.807, 2.05) is 0 Å². The zero-order chi connectivity index (χ0) is 41.4. The molecule has 344 valence electrons. The molecule has 5 nitrogen and oxygen atoms in total. The molecule has 0 spiro atoms. The van der Waals surface area contributed by atoms with Crippen LogP contribution in [0.4, 0.5) is 0 Å². The maximum atomic E-state index is 10.7. The predicted molar refractivity (Wildman–Crippen MR) is 250 cm³/mol. The number of ether oxygens (including phenoxy) is 3. The fourth-order valence-corrected chi connectivity index (χ4v) is 8.19. The van der Waals surface area contributed by atoms with E-state index in [0.29, 0.717) is 33.0 Å². The maximum Gasteiger partial charge on any atom is 0.0809 e. The van der Waals surface area contributed by atoms with Crippen LogP contribution in [0.2, 0.25) is 0 Å². The van der Waals surface area contributed by atoms with Crippen LogP contribution >= 0.6 is 0 Å². The van der Waals surface area contributed by atoms with E-state index in [-0.39, 0.29) is 18.3 Å². The van der Waals surface area contributed by atoms with E-state index in [2.05, 4.69) is 20.8 Å². The molecule has 0 aromatic rings. The number of aliphatic hydroxyl groups excluding tert-OH is 2. The second-order valence-electron chi connectivity index (χ2n) is 18.2. The van der Waals surface area contributed by atoms with E-state index < -0.39 is 0 Å². The van der Waals surface area contributed by atoms with Crippen LogP contribution in [0.5, 0.6) is 0 Å². The van der Waals surface area contributed by atoms with Gasteiger partial charge in [-0.25, -0.2) is 0 Å². The van der Waals surface area contributed by atoms with Crippen molar-refractivity contribution in [3.8, 4) is 0 Å². The molecule has 57 heavy (non-hydrogen) atoms. The third-order valence-corrected chi connectivity index (χ3v) is 12.2. The summed E-state index contributed by atoms with van der Waals surface area (Å²) in [5.41, 5.74) is 0. The van der Waals surface area contributed by atoms with Gasteiger partial charge in [0.25, 0.3) is 0 Å². The molecule has 0 aromatic heterocycles. The third kappa shape index (κ3) is 48.3. The first kappa shape index (κ1) is 56.8. The molecule has 0 aliphatic heterocycles. The average Bonchev–Trinajstić information content (AvgIpc) is 3.21. The highest BCUT2D eigenvalue weighted by molar-refractivity contribution is 4.63. The Hall–Kier alpha value is -0.200. The lowest BCUT2D eigenvalue weighted by Crippen LogP contribution is -2.26. The van der Waals surface area contributed by atoms with Gasteiger partial charge in [0.15, 0.2) is 0 Å². The largest absolute Gasteiger partial charge is 0.391 e. The lowest BCUT2D eigenvalue weighted by atomic mass is 10.0. The summed E-state index contributed by atoms with van der Waals surface area (Å²) in [6.07, 6.45) is 53.1. The first-order valence-corrected chi connectivity index (χ1v) is 26.3. The maximum absolute atomic E-state index is 10.7. The lowest BCUT2D eigenvalue weighted by Gasteiger charge is -2.20. The van der Waals surface area contributed by atoms with Gasteiger partial charge >= 0.3 is 0 Å². The van der Waals surface area contributed by atoms with Gasteiger partial charge in [0, 0.05) is 0 Å². The van der Waals surface area contributed by atoms with E-state index in [1.165, 1.54) is 225 Å². The number of aliphatic hydroxyl groups is 2. The Labute approximate surface area is 358 Å². The number of rotatable bonds is 51. The van der Waals surface area contributed by atoms with Crippen LogP contribution in [0.3, 0.4) is 0 Å². The molecule has 0 saturated carbocycles. The molecule has 0 amide bonds. The van der Waals surface area contributed by atoms with E-state index in [4.69, 9.17) is 14.2 Å². The van der Waals surface area contributed by atoms with Crippen LogP contribution in [-0.2, 0) is 14.2 Å². The molecular formula is C52H106O5. The van der Waals surface area contributed by atoms with E-state index >= 15 is 0 Å². The molecule has 0 rings (SSSR count). The van der Waals surface area contributed by atoms with Crippen LogP contribution in [0.25, 0.3) is 0 Å². The quantitative estimate of drug-likeness (QED) is 0.0599. The summed E-state index contributed by atoms with van der Waals surface area (Å²) in [5.74, 6) is 0. The number of hydrogen-bond acceptors (Lipinski definition) is 5. The zero-order valence-corrected chi connectivity index (χ0v) is 39.4. The van der Waals surface area contributed by atoms with Gasteiger partial charge in [0.05, 0.1) is 51.3 Å². The standard InChI is InChI=1S/C52H106O5/c1-4-7-10-13-16-19-22-25-26-28-30-33-36-39-42-50(53)47-55-45-46-56-49-52(44-41-38-35-32-29-24-21-18-15-12-9-6-3)57-48-51(54)43-40-37-34-31-27-23-20-17-14-11-8-5-2/h50-54H,4-49H2,1-3H3. The minimum absolute atomic E-state index is 0.0238. The van der Waals surface area contributed by atoms with Crippen molar-refractivity contribution in [1.29, 1.82) is 0 Å². The summed E-state index contributed by atoms with van der Waals surface area (Å²) in [6, 6.07) is 0. The minimum Gasteiger partial charge on any atom is -0.391 e. The molecule has 3 atom stereocenters. The molecule has 5 heteroatoms. The molecule has 0 fully saturated rings. The molecule has 0 aliphatic carbocycles. The monoisotopic (exact) mass is 811 g/mol. The molecule has 2 N–H and O–H groups in total. The Bertz CT molecular complexity index is 704. The predicted octanol–water partition coefficient (Wildman–Crippen LogP) is 16.2. The van der Waals surface area contributed by atoms with Gasteiger partial charge in [-0.1, -0.05) is 265 Å². The van der Waals surface area contributed by atoms with E-state index in [1.54, 1.807) is 0 Å². The van der Waals surface area contributed by atoms with Crippen LogP contribution in [0.15, 0.2) is 0 Å². The normalized spacial score (nSPS) is 13.4. The summed E-state index contributed by atoms with van der Waals surface area (Å²) in [7, 11) is 0. The Balaban J connectivity index is 4.07. The van der Waals surface area contributed by atoms with Crippen molar-refractivity contribution >= 4 is 0 Å². The Kier molecular flexibility index (Phi) is 50.0. The SMILES string of the molecule is CCCCCCCCCCCCCCCCC(O)COCCOCC(CCCCCCCCCCCCCC)OCC(O)CCCCCCCCCCCCCC. The molecule has 0 aromatic carbocycles. The van der Waals surface area contributed by atoms with Gasteiger partial charge in [-0.3, -0.25) is 0 Å². The summed E-state index contributed by atoms with van der Waals surface area (Å²) in [6.45, 7) is 9.24. The van der Waals surface area contributed by atoms with Crippen molar-refractivity contribution in [2.75, 3.05) is 33.0 Å². The first-order chi connectivity index (χ1) is 28.1. The molecule has 0 heterocycles. The summed E-state index contributed by atoms with van der Waals surface area (Å²) >= 11 is 0. The Morgan fingerprint density at radius 3 is 0.842 bits per heavy atom. The Morgan fingerprint density at radius 2 is 0.526 bits per heavy atom. The van der Waals surface area contributed by atoms with Crippen molar-refractivity contribution in [3.05, 3.63) is 0 Å². The molecule has 0 aliphatic rings. The smallest absolute Gasteiger partial charge is 0.0809 e. The second-order valence-corrected chi connectivity index (χ2v) is 18.2.